The zero-order chi connectivity index (χ0) is 14.6. The van der Waals surface area contributed by atoms with Crippen LogP contribution in [0.1, 0.15) is 23.6 Å². The summed E-state index contributed by atoms with van der Waals surface area (Å²) >= 11 is 0. The summed E-state index contributed by atoms with van der Waals surface area (Å²) in [5.74, 6) is -0.555. The molecule has 7 heteroatoms. The quantitative estimate of drug-likeness (QED) is 0.858. The number of carbonyl (C=O) groups excluding carboxylic acids is 1. The van der Waals surface area contributed by atoms with Crippen molar-refractivity contribution in [3.8, 4) is 5.75 Å². The number of hydrogen-bond acceptors (Lipinski definition) is 4. The summed E-state index contributed by atoms with van der Waals surface area (Å²) in [6.45, 7) is 0. The van der Waals surface area contributed by atoms with Crippen LogP contribution in [0.4, 0.5) is 13.2 Å². The van der Waals surface area contributed by atoms with Gasteiger partial charge in [0.1, 0.15) is 5.75 Å². The Kier molecular flexibility index (Phi) is 4.77. The summed E-state index contributed by atoms with van der Waals surface area (Å²) in [5.41, 5.74) is 5.23. The fraction of sp³-hybridized carbons (Fsp3) is 0.417. The fourth-order valence-corrected chi connectivity index (χ4v) is 1.57. The Morgan fingerprint density at radius 2 is 2.00 bits per heavy atom. The SMILES string of the molecule is COC(=O)C[C@H](N)c1ccc(C(F)(F)F)cc1OC. The van der Waals surface area contributed by atoms with Gasteiger partial charge in [0, 0.05) is 11.6 Å². The molecule has 1 aromatic rings. The van der Waals surface area contributed by atoms with E-state index in [9.17, 15) is 18.0 Å². The van der Waals surface area contributed by atoms with E-state index in [1.807, 2.05) is 0 Å². The maximum absolute atomic E-state index is 12.5. The Bertz CT molecular complexity index is 460. The van der Waals surface area contributed by atoms with E-state index in [4.69, 9.17) is 10.5 Å². The molecule has 1 atom stereocenters. The highest BCUT2D eigenvalue weighted by atomic mass is 19.4. The van der Waals surface area contributed by atoms with Crippen LogP contribution in [-0.2, 0) is 15.7 Å². The van der Waals surface area contributed by atoms with Gasteiger partial charge in [0.2, 0.25) is 0 Å². The van der Waals surface area contributed by atoms with Crippen LogP contribution in [0.15, 0.2) is 18.2 Å². The maximum atomic E-state index is 12.5. The first-order chi connectivity index (χ1) is 8.79. The van der Waals surface area contributed by atoms with Crippen LogP contribution in [0, 0.1) is 0 Å². The van der Waals surface area contributed by atoms with Gasteiger partial charge in [-0.05, 0) is 12.1 Å². The van der Waals surface area contributed by atoms with Crippen molar-refractivity contribution in [3.05, 3.63) is 29.3 Å². The molecule has 4 nitrogen and oxygen atoms in total. The number of carbonyl (C=O) groups is 1. The number of ether oxygens (including phenoxy) is 2. The molecular formula is C12H14F3NO3. The maximum Gasteiger partial charge on any atom is 0.416 e. The van der Waals surface area contributed by atoms with Crippen molar-refractivity contribution in [2.24, 2.45) is 5.73 Å². The Hall–Kier alpha value is -1.76. The zero-order valence-corrected chi connectivity index (χ0v) is 10.5. The number of benzene rings is 1. The molecule has 0 aliphatic rings. The highest BCUT2D eigenvalue weighted by Crippen LogP contribution is 2.35. The van der Waals surface area contributed by atoms with Crippen molar-refractivity contribution in [1.29, 1.82) is 0 Å². The number of methoxy groups -OCH3 is 2. The standard InChI is InChI=1S/C12H14F3NO3/c1-18-10-5-7(12(13,14)15)3-4-8(10)9(16)6-11(17)19-2/h3-5,9H,6,16H2,1-2H3/t9-/m0/s1. The topological polar surface area (TPSA) is 61.5 Å². The van der Waals surface area contributed by atoms with Gasteiger partial charge in [-0.15, -0.1) is 0 Å². The van der Waals surface area contributed by atoms with Crippen molar-refractivity contribution < 1.29 is 27.4 Å². The van der Waals surface area contributed by atoms with E-state index in [1.54, 1.807) is 0 Å². The molecule has 0 saturated carbocycles. The van der Waals surface area contributed by atoms with E-state index >= 15 is 0 Å². The Balaban J connectivity index is 3.05. The van der Waals surface area contributed by atoms with Crippen LogP contribution in [0.25, 0.3) is 0 Å². The summed E-state index contributed by atoms with van der Waals surface area (Å²) in [6.07, 6.45) is -4.60. The molecule has 2 N–H and O–H groups in total. The van der Waals surface area contributed by atoms with Gasteiger partial charge in [0.05, 0.1) is 26.2 Å². The van der Waals surface area contributed by atoms with E-state index in [-0.39, 0.29) is 12.2 Å². The summed E-state index contributed by atoms with van der Waals surface area (Å²) in [5, 5.41) is 0. The lowest BCUT2D eigenvalue weighted by Gasteiger charge is -2.16. The number of hydrogen-bond donors (Lipinski definition) is 1. The first kappa shape index (κ1) is 15.3. The first-order valence-electron chi connectivity index (χ1n) is 5.37. The molecular weight excluding hydrogens is 263 g/mol. The minimum Gasteiger partial charge on any atom is -0.496 e. The second-order valence-electron chi connectivity index (χ2n) is 3.84. The Morgan fingerprint density at radius 3 is 2.47 bits per heavy atom. The van der Waals surface area contributed by atoms with Gasteiger partial charge in [-0.25, -0.2) is 0 Å². The highest BCUT2D eigenvalue weighted by molar-refractivity contribution is 5.70. The minimum absolute atomic E-state index is 0.00812. The molecule has 0 amide bonds. The number of rotatable bonds is 4. The molecule has 0 saturated heterocycles. The average molecular weight is 277 g/mol. The number of alkyl halides is 3. The van der Waals surface area contributed by atoms with Crippen LogP contribution in [-0.4, -0.2) is 20.2 Å². The van der Waals surface area contributed by atoms with Gasteiger partial charge < -0.3 is 15.2 Å². The molecule has 1 rings (SSSR count). The molecule has 0 aliphatic carbocycles. The number of halogens is 3. The monoisotopic (exact) mass is 277 g/mol. The van der Waals surface area contributed by atoms with Gasteiger partial charge in [0.25, 0.3) is 0 Å². The van der Waals surface area contributed by atoms with Gasteiger partial charge in [-0.3, -0.25) is 4.79 Å². The van der Waals surface area contributed by atoms with Gasteiger partial charge >= 0.3 is 12.1 Å². The van der Waals surface area contributed by atoms with E-state index in [1.165, 1.54) is 20.3 Å². The molecule has 106 valence electrons. The lowest BCUT2D eigenvalue weighted by atomic mass is 10.0. The molecule has 19 heavy (non-hydrogen) atoms. The summed E-state index contributed by atoms with van der Waals surface area (Å²) in [4.78, 5) is 11.1. The van der Waals surface area contributed by atoms with E-state index in [0.29, 0.717) is 5.56 Å². The van der Waals surface area contributed by atoms with Crippen LogP contribution < -0.4 is 10.5 Å². The van der Waals surface area contributed by atoms with E-state index in [0.717, 1.165) is 12.1 Å². The van der Waals surface area contributed by atoms with Crippen molar-refractivity contribution in [2.75, 3.05) is 14.2 Å². The normalized spacial score (nSPS) is 12.9. The molecule has 0 spiro atoms. The third-order valence-electron chi connectivity index (χ3n) is 2.57. The van der Waals surface area contributed by atoms with Gasteiger partial charge in [-0.2, -0.15) is 13.2 Å². The lowest BCUT2D eigenvalue weighted by molar-refractivity contribution is -0.141. The Morgan fingerprint density at radius 1 is 1.37 bits per heavy atom. The van der Waals surface area contributed by atoms with Crippen molar-refractivity contribution >= 4 is 5.97 Å². The third-order valence-corrected chi connectivity index (χ3v) is 2.57. The summed E-state index contributed by atoms with van der Waals surface area (Å²) in [7, 11) is 2.45. The first-order valence-corrected chi connectivity index (χ1v) is 5.37. The van der Waals surface area contributed by atoms with Crippen LogP contribution in [0.5, 0.6) is 5.75 Å². The zero-order valence-electron chi connectivity index (χ0n) is 10.5. The second-order valence-corrected chi connectivity index (χ2v) is 3.84. The van der Waals surface area contributed by atoms with Crippen molar-refractivity contribution in [1.82, 2.24) is 0 Å². The van der Waals surface area contributed by atoms with Crippen LogP contribution in [0.2, 0.25) is 0 Å². The molecule has 0 unspecified atom stereocenters. The molecule has 0 fully saturated rings. The van der Waals surface area contributed by atoms with E-state index < -0.39 is 23.8 Å². The number of nitrogens with two attached hydrogens (primary N) is 1. The van der Waals surface area contributed by atoms with E-state index in [2.05, 4.69) is 4.74 Å². The molecule has 0 heterocycles. The van der Waals surface area contributed by atoms with Crippen LogP contribution >= 0.6 is 0 Å². The minimum atomic E-state index is -4.46. The second kappa shape index (κ2) is 5.92. The molecule has 0 radical (unpaired) electrons. The highest BCUT2D eigenvalue weighted by Gasteiger charge is 2.31. The average Bonchev–Trinajstić information content (AvgIpc) is 2.36. The largest absolute Gasteiger partial charge is 0.496 e. The smallest absolute Gasteiger partial charge is 0.416 e. The molecule has 1 aromatic carbocycles. The van der Waals surface area contributed by atoms with Gasteiger partial charge in [-0.1, -0.05) is 6.07 Å². The predicted octanol–water partition coefficient (Wildman–Crippen LogP) is 2.28. The summed E-state index contributed by atoms with van der Waals surface area (Å²) in [6, 6.07) is 2.17. The third kappa shape index (κ3) is 3.85. The van der Waals surface area contributed by atoms with Gasteiger partial charge in [0.15, 0.2) is 0 Å². The molecule has 0 bridgehead atoms. The Labute approximate surface area is 108 Å². The van der Waals surface area contributed by atoms with Crippen molar-refractivity contribution in [2.45, 2.75) is 18.6 Å². The predicted molar refractivity (Wildman–Crippen MR) is 61.6 cm³/mol. The lowest BCUT2D eigenvalue weighted by Crippen LogP contribution is -2.17. The molecule has 0 aliphatic heterocycles. The fourth-order valence-electron chi connectivity index (χ4n) is 1.57. The van der Waals surface area contributed by atoms with Crippen LogP contribution in [0.3, 0.4) is 0 Å². The summed E-state index contributed by atoms with van der Waals surface area (Å²) < 4.78 is 47.0. The number of esters is 1. The van der Waals surface area contributed by atoms with Crippen molar-refractivity contribution in [3.63, 3.8) is 0 Å². The molecule has 0 aromatic heterocycles.